The van der Waals surface area contributed by atoms with Gasteiger partial charge in [0, 0.05) is 22.9 Å². The van der Waals surface area contributed by atoms with Crippen molar-refractivity contribution in [1.82, 2.24) is 9.97 Å². The highest BCUT2D eigenvalue weighted by Gasteiger charge is 2.13. The maximum Gasteiger partial charge on any atom is 0.224 e. The number of thiophene rings is 1. The topological polar surface area (TPSA) is 68.9 Å². The summed E-state index contributed by atoms with van der Waals surface area (Å²) in [6, 6.07) is 7.51. The molecule has 3 aromatic rings. The molecule has 0 fully saturated rings. The molecule has 4 nitrogen and oxygen atoms in total. The molecule has 0 aliphatic heterocycles. The van der Waals surface area contributed by atoms with Gasteiger partial charge in [0.25, 0.3) is 0 Å². The molecule has 106 valence electrons. The molecule has 0 aliphatic carbocycles. The molecule has 3 rings (SSSR count). The predicted molar refractivity (Wildman–Crippen MR) is 86.9 cm³/mol. The third-order valence-corrected chi connectivity index (χ3v) is 4.39. The molecule has 0 radical (unpaired) electrons. The summed E-state index contributed by atoms with van der Waals surface area (Å²) >= 11 is 7.36. The largest absolute Gasteiger partial charge is 0.382 e. The summed E-state index contributed by atoms with van der Waals surface area (Å²) in [6.07, 6.45) is 0.481. The monoisotopic (exact) mass is 317 g/mol. The smallest absolute Gasteiger partial charge is 0.224 e. The van der Waals surface area contributed by atoms with Crippen LogP contribution in [0.15, 0.2) is 29.6 Å². The van der Waals surface area contributed by atoms with Crippen LogP contribution in [0.4, 0.5) is 5.82 Å². The molecule has 0 spiro atoms. The molecule has 6 heteroatoms. The first-order valence-corrected chi connectivity index (χ1v) is 7.69. The number of nitrogens with zero attached hydrogens (tertiary/aromatic N) is 2. The Morgan fingerprint density at radius 3 is 2.95 bits per heavy atom. The second-order valence-electron chi connectivity index (χ2n) is 4.56. The first-order valence-electron chi connectivity index (χ1n) is 6.44. The van der Waals surface area contributed by atoms with Crippen LogP contribution in [0.3, 0.4) is 0 Å². The second kappa shape index (κ2) is 5.42. The number of hydrogen-bond acceptors (Lipinski definition) is 5. The SMILES string of the molecule is CCC(=O)c1cccc(-c2csc3c(N)nc(Cl)nc23)c1. The van der Waals surface area contributed by atoms with Crippen molar-refractivity contribution in [3.05, 3.63) is 40.5 Å². The van der Waals surface area contributed by atoms with Gasteiger partial charge in [-0.2, -0.15) is 4.98 Å². The Bertz CT molecular complexity index is 844. The lowest BCUT2D eigenvalue weighted by Crippen LogP contribution is -1.96. The van der Waals surface area contributed by atoms with Gasteiger partial charge in [-0.3, -0.25) is 4.79 Å². The highest BCUT2D eigenvalue weighted by atomic mass is 35.5. The van der Waals surface area contributed by atoms with Crippen LogP contribution in [0.1, 0.15) is 23.7 Å². The number of anilines is 1. The van der Waals surface area contributed by atoms with Crippen molar-refractivity contribution in [2.24, 2.45) is 0 Å². The van der Waals surface area contributed by atoms with Crippen molar-refractivity contribution < 1.29 is 4.79 Å². The van der Waals surface area contributed by atoms with Gasteiger partial charge < -0.3 is 5.73 Å². The predicted octanol–water partition coefficient (Wildman–Crippen LogP) is 4.19. The number of carbonyl (C=O) groups is 1. The fourth-order valence-electron chi connectivity index (χ4n) is 2.18. The number of halogens is 1. The number of fused-ring (bicyclic) bond motifs is 1. The Morgan fingerprint density at radius 1 is 1.38 bits per heavy atom. The molecule has 2 heterocycles. The molecule has 2 N–H and O–H groups in total. The second-order valence-corrected chi connectivity index (χ2v) is 5.78. The molecule has 0 saturated heterocycles. The van der Waals surface area contributed by atoms with Gasteiger partial charge >= 0.3 is 0 Å². The van der Waals surface area contributed by atoms with Gasteiger partial charge in [0.2, 0.25) is 5.28 Å². The summed E-state index contributed by atoms with van der Waals surface area (Å²) in [5.74, 6) is 0.491. The fourth-order valence-corrected chi connectivity index (χ4v) is 3.27. The van der Waals surface area contributed by atoms with Crippen LogP contribution >= 0.6 is 22.9 Å². The van der Waals surface area contributed by atoms with Crippen molar-refractivity contribution in [2.75, 3.05) is 5.73 Å². The molecule has 0 unspecified atom stereocenters. The van der Waals surface area contributed by atoms with Crippen LogP contribution in [0.2, 0.25) is 5.28 Å². The summed E-state index contributed by atoms with van der Waals surface area (Å²) in [7, 11) is 0. The van der Waals surface area contributed by atoms with Crippen LogP contribution in [0.25, 0.3) is 21.3 Å². The number of aromatic nitrogens is 2. The maximum atomic E-state index is 11.8. The highest BCUT2D eigenvalue weighted by molar-refractivity contribution is 7.18. The van der Waals surface area contributed by atoms with Gasteiger partial charge in [-0.15, -0.1) is 11.3 Å². The van der Waals surface area contributed by atoms with E-state index in [1.165, 1.54) is 11.3 Å². The Morgan fingerprint density at radius 2 is 2.19 bits per heavy atom. The minimum atomic E-state index is 0.114. The Hall–Kier alpha value is -1.98. The number of rotatable bonds is 3. The van der Waals surface area contributed by atoms with E-state index in [1.807, 2.05) is 36.6 Å². The van der Waals surface area contributed by atoms with Gasteiger partial charge in [0.05, 0.1) is 10.2 Å². The summed E-state index contributed by atoms with van der Waals surface area (Å²) in [4.78, 5) is 20.1. The van der Waals surface area contributed by atoms with Gasteiger partial charge in [-0.25, -0.2) is 4.98 Å². The quantitative estimate of drug-likeness (QED) is 0.581. The van der Waals surface area contributed by atoms with Crippen molar-refractivity contribution in [2.45, 2.75) is 13.3 Å². The van der Waals surface area contributed by atoms with Gasteiger partial charge in [-0.05, 0) is 23.2 Å². The van der Waals surface area contributed by atoms with Crippen molar-refractivity contribution in [1.29, 1.82) is 0 Å². The van der Waals surface area contributed by atoms with Crippen molar-refractivity contribution in [3.8, 4) is 11.1 Å². The zero-order valence-electron chi connectivity index (χ0n) is 11.3. The lowest BCUT2D eigenvalue weighted by atomic mass is 10.0. The molecule has 21 heavy (non-hydrogen) atoms. The van der Waals surface area contributed by atoms with Crippen LogP contribution in [-0.2, 0) is 0 Å². The first-order chi connectivity index (χ1) is 10.1. The Kier molecular flexibility index (Phi) is 3.61. The zero-order chi connectivity index (χ0) is 15.0. The van der Waals surface area contributed by atoms with Crippen LogP contribution in [0, 0.1) is 0 Å². The molecule has 0 atom stereocenters. The minimum Gasteiger partial charge on any atom is -0.382 e. The average Bonchev–Trinajstić information content (AvgIpc) is 2.90. The summed E-state index contributed by atoms with van der Waals surface area (Å²) < 4.78 is 0.807. The van der Waals surface area contributed by atoms with Gasteiger partial charge in [0.15, 0.2) is 5.78 Å². The average molecular weight is 318 g/mol. The lowest BCUT2D eigenvalue weighted by Gasteiger charge is -2.03. The van der Waals surface area contributed by atoms with Gasteiger partial charge in [0.1, 0.15) is 5.82 Å². The number of Topliss-reactive ketones (excluding diaryl/α,β-unsaturated/α-hetero) is 1. The van der Waals surface area contributed by atoms with Crippen molar-refractivity contribution >= 4 is 44.8 Å². The van der Waals surface area contributed by atoms with E-state index in [9.17, 15) is 4.79 Å². The van der Waals surface area contributed by atoms with E-state index in [0.717, 1.165) is 21.3 Å². The number of hydrogen-bond donors (Lipinski definition) is 1. The third kappa shape index (κ3) is 2.50. The normalized spacial score (nSPS) is 11.0. The van der Waals surface area contributed by atoms with E-state index in [2.05, 4.69) is 9.97 Å². The molecule has 0 amide bonds. The third-order valence-electron chi connectivity index (χ3n) is 3.23. The number of carbonyl (C=O) groups excluding carboxylic acids is 1. The summed E-state index contributed by atoms with van der Waals surface area (Å²) in [6.45, 7) is 1.85. The number of nitrogen functional groups attached to an aromatic ring is 1. The molecule has 2 aromatic heterocycles. The molecular formula is C15H12ClN3OS. The van der Waals surface area contributed by atoms with Crippen LogP contribution in [0.5, 0.6) is 0 Å². The van der Waals surface area contributed by atoms with E-state index in [-0.39, 0.29) is 11.1 Å². The van der Waals surface area contributed by atoms with E-state index in [4.69, 9.17) is 17.3 Å². The Balaban J connectivity index is 2.19. The fraction of sp³-hybridized carbons (Fsp3) is 0.133. The zero-order valence-corrected chi connectivity index (χ0v) is 12.8. The van der Waals surface area contributed by atoms with E-state index in [0.29, 0.717) is 17.8 Å². The molecule has 0 bridgehead atoms. The number of ketones is 1. The van der Waals surface area contributed by atoms with E-state index < -0.39 is 0 Å². The standard InChI is InChI=1S/C15H12ClN3OS/c1-2-11(20)9-5-3-4-8(6-9)10-7-21-13-12(10)18-15(16)19-14(13)17/h3-7H,2H2,1H3,(H2,17,18,19). The lowest BCUT2D eigenvalue weighted by molar-refractivity contribution is 0.0988. The molecular weight excluding hydrogens is 306 g/mol. The maximum absolute atomic E-state index is 11.8. The summed E-state index contributed by atoms with van der Waals surface area (Å²) in [5, 5.41) is 2.09. The highest BCUT2D eigenvalue weighted by Crippen LogP contribution is 2.36. The first kappa shape index (κ1) is 14.0. The van der Waals surface area contributed by atoms with Crippen LogP contribution in [-0.4, -0.2) is 15.8 Å². The molecule has 0 aliphatic rings. The number of nitrogens with two attached hydrogens (primary N) is 1. The molecule has 0 saturated carbocycles. The van der Waals surface area contributed by atoms with Crippen molar-refractivity contribution in [3.63, 3.8) is 0 Å². The van der Waals surface area contributed by atoms with Gasteiger partial charge in [-0.1, -0.05) is 25.1 Å². The van der Waals surface area contributed by atoms with E-state index >= 15 is 0 Å². The van der Waals surface area contributed by atoms with E-state index in [1.54, 1.807) is 0 Å². The molecule has 1 aromatic carbocycles. The Labute approximate surface area is 130 Å². The summed E-state index contributed by atoms with van der Waals surface area (Å²) in [5.41, 5.74) is 9.13. The minimum absolute atomic E-state index is 0.114. The van der Waals surface area contributed by atoms with Crippen LogP contribution < -0.4 is 5.73 Å². The number of benzene rings is 1.